The van der Waals surface area contributed by atoms with Crippen molar-refractivity contribution in [1.29, 1.82) is 0 Å². The molecule has 308 valence electrons. The number of hydrogen-bond acceptors (Lipinski definition) is 14. The minimum Gasteiger partial charge on any atom is -0.431 e. The summed E-state index contributed by atoms with van der Waals surface area (Å²) < 4.78 is 60.8. The van der Waals surface area contributed by atoms with Crippen LogP contribution in [0.4, 0.5) is 0 Å². The van der Waals surface area contributed by atoms with Gasteiger partial charge in [0.1, 0.15) is 21.2 Å². The summed E-state index contributed by atoms with van der Waals surface area (Å²) in [4.78, 5) is 77.1. The van der Waals surface area contributed by atoms with Crippen molar-refractivity contribution in [3.8, 4) is 0 Å². The molecule has 2 aromatic rings. The Hall–Kier alpha value is -6.00. The van der Waals surface area contributed by atoms with Gasteiger partial charge < -0.3 is 20.1 Å². The number of ether oxygens (including phenoxy) is 2. The van der Waals surface area contributed by atoms with E-state index in [1.54, 1.807) is 6.07 Å². The number of hydrogen-bond donors (Lipinski definition) is 2. The molecule has 0 amide bonds. The van der Waals surface area contributed by atoms with Crippen LogP contribution in [0.15, 0.2) is 92.4 Å². The number of carbonyl (C=O) groups excluding carboxylic acids is 6. The van der Waals surface area contributed by atoms with Crippen LogP contribution in [0.25, 0.3) is 0 Å². The van der Waals surface area contributed by atoms with E-state index in [1.807, 2.05) is 27.7 Å². The molecule has 10 rings (SSSR count). The largest absolute Gasteiger partial charge is 0.431 e. The van der Waals surface area contributed by atoms with Crippen LogP contribution in [0.3, 0.4) is 0 Å². The molecule has 4 aliphatic heterocycles. The predicted octanol–water partition coefficient (Wildman–Crippen LogP) is 4.69. The highest BCUT2D eigenvalue weighted by molar-refractivity contribution is 7.96. The molecule has 0 bridgehead atoms. The number of fused-ring (bicyclic) bond motifs is 8. The minimum absolute atomic E-state index is 0.0206. The molecule has 2 aromatic carbocycles. The van der Waals surface area contributed by atoms with E-state index in [4.69, 9.17) is 9.47 Å². The number of sulfone groups is 2. The third-order valence-electron chi connectivity index (χ3n) is 13.0. The van der Waals surface area contributed by atoms with Gasteiger partial charge in [-0.1, -0.05) is 26.0 Å². The molecule has 4 heterocycles. The van der Waals surface area contributed by atoms with Gasteiger partial charge in [-0.05, 0) is 86.1 Å². The Balaban J connectivity index is 0.000000154. The fourth-order valence-corrected chi connectivity index (χ4v) is 12.6. The number of cyclic esters (lactones) is 2. The Bertz CT molecular complexity index is 2960. The van der Waals surface area contributed by atoms with Crippen molar-refractivity contribution < 1.29 is 55.1 Å². The fraction of sp³-hybridized carbons (Fsp3) is 0.318. The summed E-state index contributed by atoms with van der Waals surface area (Å²) in [6.45, 7) is 7.98. The Kier molecular flexibility index (Phi) is 8.71. The summed E-state index contributed by atoms with van der Waals surface area (Å²) in [5, 5.41) is 5.55. The highest BCUT2D eigenvalue weighted by atomic mass is 32.2. The normalized spacial score (nSPS) is 26.8. The molecule has 2 atom stereocenters. The number of carbonyl (C=O) groups is 6. The van der Waals surface area contributed by atoms with E-state index in [-0.39, 0.29) is 69.4 Å². The molecule has 0 aromatic heterocycles. The van der Waals surface area contributed by atoms with Gasteiger partial charge in [-0.15, -0.1) is 0 Å². The van der Waals surface area contributed by atoms with Gasteiger partial charge in [0.2, 0.25) is 23.1 Å². The maximum absolute atomic E-state index is 13.2. The average molecular weight is 851 g/mol. The predicted molar refractivity (Wildman–Crippen MR) is 216 cm³/mol. The SMILES string of the molecule is CC1=CCCC2(C)C1=COC(=O)c1cc3c(cc12)C(=O)C1=C(C3=O)S(=O)(=O)CCN1.CC1=CCCC2(C)C1=COC(=O)c1cc3c(cc12)C(=O)C1=C(NCCS1(=O)=O)C3=O. The molecule has 0 saturated heterocycles. The Morgan fingerprint density at radius 2 is 0.900 bits per heavy atom. The Morgan fingerprint density at radius 3 is 1.32 bits per heavy atom. The number of esters is 2. The zero-order chi connectivity index (χ0) is 42.8. The molecule has 60 heavy (non-hydrogen) atoms. The number of benzene rings is 2. The maximum atomic E-state index is 13.2. The van der Waals surface area contributed by atoms with Gasteiger partial charge in [0.15, 0.2) is 19.7 Å². The maximum Gasteiger partial charge on any atom is 0.343 e. The lowest BCUT2D eigenvalue weighted by Crippen LogP contribution is -2.41. The first-order valence-corrected chi connectivity index (χ1v) is 22.8. The first-order chi connectivity index (χ1) is 28.3. The minimum atomic E-state index is -3.88. The first kappa shape index (κ1) is 39.5. The van der Waals surface area contributed by atoms with E-state index in [2.05, 4.69) is 22.8 Å². The Morgan fingerprint density at radius 1 is 0.533 bits per heavy atom. The van der Waals surface area contributed by atoms with Crippen molar-refractivity contribution in [2.24, 2.45) is 0 Å². The van der Waals surface area contributed by atoms with Gasteiger partial charge in [0, 0.05) is 57.3 Å². The molecule has 0 saturated carbocycles. The fourth-order valence-electron chi connectivity index (χ4n) is 9.76. The number of allylic oxidation sites excluding steroid dienone is 10. The van der Waals surface area contributed by atoms with E-state index in [0.29, 0.717) is 24.0 Å². The quantitative estimate of drug-likeness (QED) is 0.344. The molecular weight excluding hydrogens is 813 g/mol. The van der Waals surface area contributed by atoms with Crippen LogP contribution in [-0.2, 0) is 40.0 Å². The van der Waals surface area contributed by atoms with Crippen LogP contribution >= 0.6 is 0 Å². The molecule has 8 aliphatic rings. The van der Waals surface area contributed by atoms with Crippen LogP contribution in [0, 0.1) is 0 Å². The number of nitrogens with one attached hydrogen (secondary N) is 2. The Labute approximate surface area is 345 Å². The van der Waals surface area contributed by atoms with Crippen molar-refractivity contribution in [2.45, 2.75) is 64.2 Å². The lowest BCUT2D eigenvalue weighted by atomic mass is 9.66. The summed E-state index contributed by atoms with van der Waals surface area (Å²) >= 11 is 0. The second kappa shape index (κ2) is 13.2. The lowest BCUT2D eigenvalue weighted by molar-refractivity contribution is 0.0653. The summed E-state index contributed by atoms with van der Waals surface area (Å²) in [5.74, 6) is -4.34. The molecule has 0 fully saturated rings. The summed E-state index contributed by atoms with van der Waals surface area (Å²) in [6.07, 6.45) is 10.0. The van der Waals surface area contributed by atoms with Crippen molar-refractivity contribution in [1.82, 2.24) is 10.6 Å². The molecule has 0 spiro atoms. The number of rotatable bonds is 0. The van der Waals surface area contributed by atoms with E-state index in [9.17, 15) is 45.6 Å². The van der Waals surface area contributed by atoms with Gasteiger partial charge >= 0.3 is 11.9 Å². The number of ketones is 4. The monoisotopic (exact) mass is 850 g/mol. The first-order valence-electron chi connectivity index (χ1n) is 19.5. The van der Waals surface area contributed by atoms with Crippen LogP contribution in [-0.4, -0.2) is 76.5 Å². The molecule has 14 nitrogen and oxygen atoms in total. The second-order valence-corrected chi connectivity index (χ2v) is 20.6. The van der Waals surface area contributed by atoms with Crippen molar-refractivity contribution in [2.75, 3.05) is 24.6 Å². The zero-order valence-corrected chi connectivity index (χ0v) is 34.6. The lowest BCUT2D eigenvalue weighted by Gasteiger charge is -2.36. The molecule has 0 radical (unpaired) electrons. The molecule has 2 N–H and O–H groups in total. The topological polar surface area (TPSA) is 213 Å². The summed E-state index contributed by atoms with van der Waals surface area (Å²) in [7, 11) is -7.74. The third-order valence-corrected chi connectivity index (χ3v) is 16.5. The van der Waals surface area contributed by atoms with Gasteiger partial charge in [-0.3, -0.25) is 19.2 Å². The highest BCUT2D eigenvalue weighted by Crippen LogP contribution is 2.49. The molecule has 4 aliphatic carbocycles. The van der Waals surface area contributed by atoms with Crippen LogP contribution in [0.2, 0.25) is 0 Å². The third kappa shape index (κ3) is 5.56. The van der Waals surface area contributed by atoms with Crippen molar-refractivity contribution in [3.05, 3.63) is 137 Å². The van der Waals surface area contributed by atoms with Gasteiger partial charge in [-0.25, -0.2) is 26.4 Å². The standard InChI is InChI=1S/2C22H19NO6S/c1-11-4-3-5-22(2)15-9-13-12(8-14(15)21(26)29-10-16(11)22)19(25)20-17(18(13)24)23-6-7-30(20,27)28;1-11-4-3-5-22(2)15-9-13-12(8-14(15)21(26)29-10-16(11)22)18(24)17-20(19(13)25)30(27,28)7-6-23-17/h2*4,8-10,23H,3,5-7H2,1-2H3. The smallest absolute Gasteiger partial charge is 0.343 e. The molecular formula is C44H38N2O12S2. The van der Waals surface area contributed by atoms with Crippen molar-refractivity contribution >= 4 is 54.7 Å². The second-order valence-electron chi connectivity index (χ2n) is 16.5. The molecule has 2 unspecified atom stereocenters. The van der Waals surface area contributed by atoms with E-state index in [1.165, 1.54) is 30.7 Å². The molecule has 16 heteroatoms. The van der Waals surface area contributed by atoms with Crippen molar-refractivity contribution in [3.63, 3.8) is 0 Å². The van der Waals surface area contributed by atoms with E-state index >= 15 is 0 Å². The summed E-state index contributed by atoms with van der Waals surface area (Å²) in [6, 6.07) is 5.82. The highest BCUT2D eigenvalue weighted by Gasteiger charge is 2.47. The van der Waals surface area contributed by atoms with Crippen LogP contribution in [0.5, 0.6) is 0 Å². The van der Waals surface area contributed by atoms with Crippen LogP contribution in [0.1, 0.15) is 127 Å². The van der Waals surface area contributed by atoms with Gasteiger partial charge in [0.25, 0.3) is 0 Å². The zero-order valence-electron chi connectivity index (χ0n) is 33.0. The van der Waals surface area contributed by atoms with Gasteiger partial charge in [-0.2, -0.15) is 0 Å². The average Bonchev–Trinajstić information content (AvgIpc) is 3.38. The number of Topliss-reactive ketones (excluding diaryl/α,β-unsaturated/α-hetero) is 4. The van der Waals surface area contributed by atoms with E-state index in [0.717, 1.165) is 35.1 Å². The van der Waals surface area contributed by atoms with Crippen LogP contribution < -0.4 is 10.6 Å². The summed E-state index contributed by atoms with van der Waals surface area (Å²) in [5.41, 5.74) is 3.81. The van der Waals surface area contributed by atoms with E-state index < -0.39 is 75.4 Å². The van der Waals surface area contributed by atoms with Gasteiger partial charge in [0.05, 0.1) is 35.2 Å².